The molecule has 1 saturated carbocycles. The molecule has 0 saturated heterocycles. The summed E-state index contributed by atoms with van der Waals surface area (Å²) in [4.78, 5) is 13.3. The number of sulfonamides is 1. The van der Waals surface area contributed by atoms with Crippen molar-refractivity contribution in [3.8, 4) is 0 Å². The maximum atomic E-state index is 13.2. The first kappa shape index (κ1) is 22.8. The highest BCUT2D eigenvalue weighted by molar-refractivity contribution is 7.89. The first-order valence-electron chi connectivity index (χ1n) is 10.4. The highest BCUT2D eigenvalue weighted by Gasteiger charge is 2.32. The molecule has 1 amide bonds. The Hall–Kier alpha value is -1.89. The Morgan fingerprint density at radius 1 is 1.07 bits per heavy atom. The number of nitrogens with one attached hydrogen (secondary N) is 2. The summed E-state index contributed by atoms with van der Waals surface area (Å²) in [6.07, 6.45) is 3.41. The lowest BCUT2D eigenvalue weighted by atomic mass is 9.78. The standard InChI is InChI=1S/C23H29ClN2O3S/c1-16-7-6-10-21(17(16)2)25-23(27)22(15-18-8-4-3-5-9-18)26-30(28,29)20-13-11-19(24)12-14-20/h3-5,8-9,11-14,16-17,21-22,26H,6-7,10,15H2,1-2H3,(H,25,27)/t16-,17-,21+,22+/m1/s1. The van der Waals surface area contributed by atoms with Crippen LogP contribution in [0.5, 0.6) is 0 Å². The summed E-state index contributed by atoms with van der Waals surface area (Å²) in [6.45, 7) is 4.35. The molecule has 0 bridgehead atoms. The summed E-state index contributed by atoms with van der Waals surface area (Å²) in [5.41, 5.74) is 0.890. The van der Waals surface area contributed by atoms with E-state index in [4.69, 9.17) is 11.6 Å². The van der Waals surface area contributed by atoms with Crippen LogP contribution in [0.4, 0.5) is 0 Å². The number of carbonyl (C=O) groups is 1. The maximum absolute atomic E-state index is 13.2. The Labute approximate surface area is 184 Å². The normalized spacial score (nSPS) is 23.0. The van der Waals surface area contributed by atoms with Crippen molar-refractivity contribution in [2.24, 2.45) is 11.8 Å². The number of halogens is 1. The fourth-order valence-electron chi connectivity index (χ4n) is 3.98. The smallest absolute Gasteiger partial charge is 0.241 e. The fraction of sp³-hybridized carbons (Fsp3) is 0.435. The van der Waals surface area contributed by atoms with Gasteiger partial charge < -0.3 is 5.32 Å². The van der Waals surface area contributed by atoms with E-state index in [2.05, 4.69) is 23.9 Å². The average molecular weight is 449 g/mol. The number of hydrogen-bond donors (Lipinski definition) is 2. The molecular formula is C23H29ClN2O3S. The second kappa shape index (κ2) is 9.94. The minimum absolute atomic E-state index is 0.0551. The van der Waals surface area contributed by atoms with Crippen LogP contribution in [-0.4, -0.2) is 26.4 Å². The molecule has 0 heterocycles. The van der Waals surface area contributed by atoms with E-state index in [1.807, 2.05) is 30.3 Å². The molecule has 1 aliphatic rings. The van der Waals surface area contributed by atoms with Gasteiger partial charge in [-0.15, -0.1) is 0 Å². The van der Waals surface area contributed by atoms with Crippen molar-refractivity contribution in [3.05, 3.63) is 65.2 Å². The number of benzene rings is 2. The van der Waals surface area contributed by atoms with E-state index in [0.29, 0.717) is 16.9 Å². The van der Waals surface area contributed by atoms with Crippen molar-refractivity contribution < 1.29 is 13.2 Å². The van der Waals surface area contributed by atoms with E-state index in [9.17, 15) is 13.2 Å². The van der Waals surface area contributed by atoms with Crippen molar-refractivity contribution in [3.63, 3.8) is 0 Å². The maximum Gasteiger partial charge on any atom is 0.241 e. The Kier molecular flexibility index (Phi) is 7.55. The molecule has 2 N–H and O–H groups in total. The zero-order valence-electron chi connectivity index (χ0n) is 17.3. The van der Waals surface area contributed by atoms with Gasteiger partial charge in [0, 0.05) is 11.1 Å². The van der Waals surface area contributed by atoms with Crippen LogP contribution in [0.3, 0.4) is 0 Å². The van der Waals surface area contributed by atoms with E-state index >= 15 is 0 Å². The first-order valence-corrected chi connectivity index (χ1v) is 12.2. The van der Waals surface area contributed by atoms with Gasteiger partial charge in [-0.05, 0) is 54.5 Å². The zero-order valence-corrected chi connectivity index (χ0v) is 18.9. The second-order valence-corrected chi connectivity index (χ2v) is 10.4. The van der Waals surface area contributed by atoms with Gasteiger partial charge in [0.25, 0.3) is 0 Å². The second-order valence-electron chi connectivity index (χ2n) is 8.20. The molecule has 0 aliphatic heterocycles. The minimum atomic E-state index is -3.88. The molecule has 5 nitrogen and oxygen atoms in total. The lowest BCUT2D eigenvalue weighted by molar-refractivity contribution is -0.124. The van der Waals surface area contributed by atoms with Gasteiger partial charge in [-0.3, -0.25) is 4.79 Å². The third-order valence-corrected chi connectivity index (χ3v) is 7.79. The molecule has 4 atom stereocenters. The van der Waals surface area contributed by atoms with E-state index in [1.165, 1.54) is 24.3 Å². The van der Waals surface area contributed by atoms with Crippen molar-refractivity contribution in [1.82, 2.24) is 10.0 Å². The number of carbonyl (C=O) groups excluding carboxylic acids is 1. The molecule has 30 heavy (non-hydrogen) atoms. The fourth-order valence-corrected chi connectivity index (χ4v) is 5.30. The van der Waals surface area contributed by atoms with E-state index < -0.39 is 16.1 Å². The highest BCUT2D eigenvalue weighted by atomic mass is 35.5. The lowest BCUT2D eigenvalue weighted by Crippen LogP contribution is -2.53. The summed E-state index contributed by atoms with van der Waals surface area (Å²) in [6, 6.07) is 14.5. The highest BCUT2D eigenvalue weighted by Crippen LogP contribution is 2.29. The summed E-state index contributed by atoms with van der Waals surface area (Å²) < 4.78 is 28.5. The van der Waals surface area contributed by atoms with Crippen molar-refractivity contribution in [1.29, 1.82) is 0 Å². The number of rotatable bonds is 7. The molecule has 7 heteroatoms. The van der Waals surface area contributed by atoms with Crippen LogP contribution in [0.25, 0.3) is 0 Å². The third kappa shape index (κ3) is 5.84. The van der Waals surface area contributed by atoms with Gasteiger partial charge in [-0.1, -0.05) is 68.6 Å². The molecule has 2 aromatic rings. The van der Waals surface area contributed by atoms with Crippen molar-refractivity contribution in [2.45, 2.75) is 56.5 Å². The molecule has 0 aromatic heterocycles. The van der Waals surface area contributed by atoms with Crippen LogP contribution in [0.2, 0.25) is 5.02 Å². The molecule has 1 aliphatic carbocycles. The van der Waals surface area contributed by atoms with Crippen LogP contribution in [-0.2, 0) is 21.2 Å². The summed E-state index contributed by atoms with van der Waals surface area (Å²) in [5, 5.41) is 3.57. The van der Waals surface area contributed by atoms with Crippen LogP contribution >= 0.6 is 11.6 Å². The average Bonchev–Trinajstić information content (AvgIpc) is 2.72. The first-order chi connectivity index (χ1) is 14.3. The number of hydrogen-bond acceptors (Lipinski definition) is 3. The Balaban J connectivity index is 1.80. The van der Waals surface area contributed by atoms with E-state index in [-0.39, 0.29) is 23.3 Å². The molecule has 1 fully saturated rings. The van der Waals surface area contributed by atoms with Crippen molar-refractivity contribution >= 4 is 27.5 Å². The van der Waals surface area contributed by atoms with E-state index in [1.54, 1.807) is 0 Å². The van der Waals surface area contributed by atoms with Gasteiger partial charge in [0.15, 0.2) is 0 Å². The molecular weight excluding hydrogens is 420 g/mol. The monoisotopic (exact) mass is 448 g/mol. The summed E-state index contributed by atoms with van der Waals surface area (Å²) in [7, 11) is -3.88. The molecule has 0 radical (unpaired) electrons. The largest absolute Gasteiger partial charge is 0.352 e. The van der Waals surface area contributed by atoms with Gasteiger partial charge in [0.1, 0.15) is 6.04 Å². The van der Waals surface area contributed by atoms with Crippen LogP contribution in [0.15, 0.2) is 59.5 Å². The topological polar surface area (TPSA) is 75.3 Å². The van der Waals surface area contributed by atoms with Crippen molar-refractivity contribution in [2.75, 3.05) is 0 Å². The van der Waals surface area contributed by atoms with Gasteiger partial charge in [-0.25, -0.2) is 8.42 Å². The predicted molar refractivity (Wildman–Crippen MR) is 120 cm³/mol. The molecule has 2 aromatic carbocycles. The van der Waals surface area contributed by atoms with E-state index in [0.717, 1.165) is 24.8 Å². The third-order valence-electron chi connectivity index (χ3n) is 6.05. The summed E-state index contributed by atoms with van der Waals surface area (Å²) in [5.74, 6) is 0.595. The van der Waals surface area contributed by atoms with Crippen LogP contribution in [0, 0.1) is 11.8 Å². The Morgan fingerprint density at radius 2 is 1.73 bits per heavy atom. The molecule has 3 rings (SSSR count). The summed E-state index contributed by atoms with van der Waals surface area (Å²) >= 11 is 5.88. The van der Waals surface area contributed by atoms with Crippen LogP contribution in [0.1, 0.15) is 38.7 Å². The van der Waals surface area contributed by atoms with Gasteiger partial charge in [0.2, 0.25) is 15.9 Å². The lowest BCUT2D eigenvalue weighted by Gasteiger charge is -2.35. The van der Waals surface area contributed by atoms with Gasteiger partial charge in [0.05, 0.1) is 4.90 Å². The Bertz CT molecular complexity index is 948. The molecule has 0 spiro atoms. The number of amides is 1. The quantitative estimate of drug-likeness (QED) is 0.667. The van der Waals surface area contributed by atoms with Gasteiger partial charge >= 0.3 is 0 Å². The zero-order chi connectivity index (χ0) is 21.7. The van der Waals surface area contributed by atoms with Gasteiger partial charge in [-0.2, -0.15) is 4.72 Å². The predicted octanol–water partition coefficient (Wildman–Crippen LogP) is 4.17. The molecule has 162 valence electrons. The minimum Gasteiger partial charge on any atom is -0.352 e. The SMILES string of the molecule is C[C@@H]1[C@H](C)CCC[C@@H]1NC(=O)[C@H](Cc1ccccc1)NS(=O)(=O)c1ccc(Cl)cc1. The van der Waals surface area contributed by atoms with Crippen LogP contribution < -0.4 is 10.0 Å². The Morgan fingerprint density at radius 3 is 2.40 bits per heavy atom. The molecule has 0 unspecified atom stereocenters.